The normalized spacial score (nSPS) is 17.2. The number of hydrogen-bond donors (Lipinski definition) is 0. The minimum absolute atomic E-state index is 0.0858. The van der Waals surface area contributed by atoms with Gasteiger partial charge < -0.3 is 9.32 Å². The summed E-state index contributed by atoms with van der Waals surface area (Å²) in [6.45, 7) is 5.14. The number of fused-ring (bicyclic) bond motifs is 1. The molecule has 8 heteroatoms. The topological polar surface area (TPSA) is 83.7 Å². The van der Waals surface area contributed by atoms with E-state index in [4.69, 9.17) is 4.42 Å². The molecule has 0 N–H and O–H groups in total. The number of amides is 1. The molecule has 7 nitrogen and oxygen atoms in total. The third-order valence-electron chi connectivity index (χ3n) is 4.24. The van der Waals surface area contributed by atoms with Crippen LogP contribution < -0.4 is 0 Å². The Balaban J connectivity index is 1.76. The highest BCUT2D eigenvalue weighted by molar-refractivity contribution is 7.89. The molecule has 130 valence electrons. The van der Waals surface area contributed by atoms with Gasteiger partial charge in [-0.1, -0.05) is 0 Å². The monoisotopic (exact) mass is 351 g/mol. The summed E-state index contributed by atoms with van der Waals surface area (Å²) in [4.78, 5) is 18.7. The largest absolute Gasteiger partial charge is 0.441 e. The summed E-state index contributed by atoms with van der Waals surface area (Å²) < 4.78 is 31.0. The molecule has 0 atom stereocenters. The number of hydrogen-bond acceptors (Lipinski definition) is 5. The Hall–Kier alpha value is -1.93. The van der Waals surface area contributed by atoms with E-state index in [2.05, 4.69) is 4.98 Å². The van der Waals surface area contributed by atoms with Crippen LogP contribution in [-0.2, 0) is 10.0 Å². The van der Waals surface area contributed by atoms with Gasteiger partial charge in [-0.25, -0.2) is 17.7 Å². The highest BCUT2D eigenvalue weighted by Crippen LogP contribution is 2.19. The lowest BCUT2D eigenvalue weighted by atomic mass is 10.1. The van der Waals surface area contributed by atoms with Crippen molar-refractivity contribution in [3.05, 3.63) is 29.7 Å². The van der Waals surface area contributed by atoms with E-state index >= 15 is 0 Å². The Morgan fingerprint density at radius 3 is 2.79 bits per heavy atom. The van der Waals surface area contributed by atoms with Crippen LogP contribution in [0, 0.1) is 6.92 Å². The number of carbonyl (C=O) groups is 1. The summed E-state index contributed by atoms with van der Waals surface area (Å²) in [5.74, 6) is 0.536. The van der Waals surface area contributed by atoms with Crippen LogP contribution in [0.25, 0.3) is 11.1 Å². The number of sulfonamides is 1. The summed E-state index contributed by atoms with van der Waals surface area (Å²) in [7, 11) is -3.21. The second-order valence-corrected chi connectivity index (χ2v) is 8.12. The molecule has 0 unspecified atom stereocenters. The average molecular weight is 351 g/mol. The zero-order valence-corrected chi connectivity index (χ0v) is 14.7. The van der Waals surface area contributed by atoms with Gasteiger partial charge in [0.2, 0.25) is 10.0 Å². The molecule has 1 aromatic carbocycles. The molecule has 2 heterocycles. The van der Waals surface area contributed by atoms with Crippen molar-refractivity contribution in [2.75, 3.05) is 31.9 Å². The van der Waals surface area contributed by atoms with E-state index in [0.29, 0.717) is 49.6 Å². The summed E-state index contributed by atoms with van der Waals surface area (Å²) >= 11 is 0. The van der Waals surface area contributed by atoms with Crippen LogP contribution in [0.1, 0.15) is 29.6 Å². The third-order valence-corrected chi connectivity index (χ3v) is 6.12. The van der Waals surface area contributed by atoms with Crippen LogP contribution in [0.15, 0.2) is 22.6 Å². The standard InChI is InChI=1S/C16H21N3O4S/c1-3-24(21,22)19-8-4-7-18(9-10-19)16(20)13-5-6-14-15(11-13)23-12(2)17-14/h5-6,11H,3-4,7-10H2,1-2H3. The Morgan fingerprint density at radius 2 is 2.04 bits per heavy atom. The number of rotatable bonds is 3. The second kappa shape index (κ2) is 6.52. The highest BCUT2D eigenvalue weighted by Gasteiger charge is 2.26. The average Bonchev–Trinajstić information content (AvgIpc) is 2.77. The Kier molecular flexibility index (Phi) is 4.60. The van der Waals surface area contributed by atoms with Gasteiger partial charge in [0.15, 0.2) is 11.5 Å². The van der Waals surface area contributed by atoms with Gasteiger partial charge in [0.25, 0.3) is 5.91 Å². The van der Waals surface area contributed by atoms with E-state index in [9.17, 15) is 13.2 Å². The molecule has 0 spiro atoms. The highest BCUT2D eigenvalue weighted by atomic mass is 32.2. The molecule has 24 heavy (non-hydrogen) atoms. The van der Waals surface area contributed by atoms with Gasteiger partial charge in [0.05, 0.1) is 5.75 Å². The van der Waals surface area contributed by atoms with Crippen molar-refractivity contribution in [2.45, 2.75) is 20.3 Å². The van der Waals surface area contributed by atoms with Crippen LogP contribution in [0.2, 0.25) is 0 Å². The van der Waals surface area contributed by atoms with Gasteiger partial charge in [-0.15, -0.1) is 0 Å². The van der Waals surface area contributed by atoms with Crippen LogP contribution >= 0.6 is 0 Å². The summed E-state index contributed by atoms with van der Waals surface area (Å²) in [6, 6.07) is 5.20. The minimum Gasteiger partial charge on any atom is -0.441 e. The van der Waals surface area contributed by atoms with E-state index in [1.54, 1.807) is 36.9 Å². The van der Waals surface area contributed by atoms with Gasteiger partial charge in [0, 0.05) is 38.7 Å². The molecule has 2 aromatic rings. The number of benzene rings is 1. The molecule has 1 aromatic heterocycles. The fourth-order valence-corrected chi connectivity index (χ4v) is 4.05. The van der Waals surface area contributed by atoms with E-state index < -0.39 is 10.0 Å². The van der Waals surface area contributed by atoms with Gasteiger partial charge in [-0.3, -0.25) is 4.79 Å². The molecule has 1 saturated heterocycles. The molecule has 1 fully saturated rings. The maximum Gasteiger partial charge on any atom is 0.254 e. The zero-order valence-electron chi connectivity index (χ0n) is 13.9. The van der Waals surface area contributed by atoms with E-state index in [1.165, 1.54) is 4.31 Å². The van der Waals surface area contributed by atoms with E-state index in [0.717, 1.165) is 5.52 Å². The van der Waals surface area contributed by atoms with Crippen molar-refractivity contribution in [2.24, 2.45) is 0 Å². The van der Waals surface area contributed by atoms with Gasteiger partial charge in [-0.2, -0.15) is 0 Å². The Labute approximate surface area is 141 Å². The Bertz CT molecular complexity index is 859. The zero-order chi connectivity index (χ0) is 17.3. The predicted molar refractivity (Wildman–Crippen MR) is 90.3 cm³/mol. The minimum atomic E-state index is -3.21. The molecule has 1 amide bonds. The van der Waals surface area contributed by atoms with Crippen molar-refractivity contribution in [1.29, 1.82) is 0 Å². The Morgan fingerprint density at radius 1 is 1.25 bits per heavy atom. The lowest BCUT2D eigenvalue weighted by molar-refractivity contribution is 0.0764. The van der Waals surface area contributed by atoms with Gasteiger partial charge in [-0.05, 0) is 31.5 Å². The maximum absolute atomic E-state index is 12.7. The second-order valence-electron chi connectivity index (χ2n) is 5.86. The summed E-state index contributed by atoms with van der Waals surface area (Å²) in [5, 5.41) is 0. The van der Waals surface area contributed by atoms with Crippen LogP contribution in [0.3, 0.4) is 0 Å². The summed E-state index contributed by atoms with van der Waals surface area (Å²) in [6.07, 6.45) is 0.634. The first kappa shape index (κ1) is 16.9. The molecule has 0 radical (unpaired) electrons. The summed E-state index contributed by atoms with van der Waals surface area (Å²) in [5.41, 5.74) is 1.84. The number of carbonyl (C=O) groups excluding carboxylic acids is 1. The lowest BCUT2D eigenvalue weighted by Gasteiger charge is -2.21. The number of nitrogens with zero attached hydrogens (tertiary/aromatic N) is 3. The molecule has 0 saturated carbocycles. The quantitative estimate of drug-likeness (QED) is 0.839. The number of oxazole rings is 1. The van der Waals surface area contributed by atoms with Crippen LogP contribution in [0.4, 0.5) is 0 Å². The lowest BCUT2D eigenvalue weighted by Crippen LogP contribution is -2.37. The van der Waals surface area contributed by atoms with Crippen molar-refractivity contribution < 1.29 is 17.6 Å². The molecule has 1 aliphatic heterocycles. The van der Waals surface area contributed by atoms with Crippen molar-refractivity contribution in [1.82, 2.24) is 14.2 Å². The SMILES string of the molecule is CCS(=O)(=O)N1CCCN(C(=O)c2ccc3nc(C)oc3c2)CC1. The molecule has 0 bridgehead atoms. The predicted octanol–water partition coefficient (Wildman–Crippen LogP) is 1.63. The fraction of sp³-hybridized carbons (Fsp3) is 0.500. The first-order valence-corrected chi connectivity index (χ1v) is 9.66. The molecular weight excluding hydrogens is 330 g/mol. The third kappa shape index (κ3) is 3.29. The smallest absolute Gasteiger partial charge is 0.254 e. The van der Waals surface area contributed by atoms with Gasteiger partial charge >= 0.3 is 0 Å². The van der Waals surface area contributed by atoms with E-state index in [1.807, 2.05) is 0 Å². The van der Waals surface area contributed by atoms with Crippen molar-refractivity contribution in [3.63, 3.8) is 0 Å². The molecular formula is C16H21N3O4S. The number of aryl methyl sites for hydroxylation is 1. The van der Waals surface area contributed by atoms with Crippen molar-refractivity contribution in [3.8, 4) is 0 Å². The first-order valence-electron chi connectivity index (χ1n) is 8.05. The maximum atomic E-state index is 12.7. The fourth-order valence-electron chi connectivity index (χ4n) is 2.91. The van der Waals surface area contributed by atoms with Crippen molar-refractivity contribution >= 4 is 27.0 Å². The van der Waals surface area contributed by atoms with Crippen LogP contribution in [-0.4, -0.2) is 60.4 Å². The number of aromatic nitrogens is 1. The molecule has 1 aliphatic rings. The molecule has 0 aliphatic carbocycles. The first-order chi connectivity index (χ1) is 11.4. The van der Waals surface area contributed by atoms with Gasteiger partial charge in [0.1, 0.15) is 5.52 Å². The van der Waals surface area contributed by atoms with Crippen LogP contribution in [0.5, 0.6) is 0 Å². The molecule has 3 rings (SSSR count). The van der Waals surface area contributed by atoms with E-state index in [-0.39, 0.29) is 11.7 Å².